The van der Waals surface area contributed by atoms with E-state index in [9.17, 15) is 18.0 Å². The molecule has 0 saturated carbocycles. The van der Waals surface area contributed by atoms with Gasteiger partial charge in [-0.3, -0.25) is 4.79 Å². The van der Waals surface area contributed by atoms with E-state index >= 15 is 0 Å². The summed E-state index contributed by atoms with van der Waals surface area (Å²) in [4.78, 5) is 28.6. The van der Waals surface area contributed by atoms with Gasteiger partial charge in [0, 0.05) is 27.9 Å². The summed E-state index contributed by atoms with van der Waals surface area (Å²) in [6.07, 6.45) is -0.859. The van der Waals surface area contributed by atoms with E-state index in [0.717, 1.165) is 10.4 Å². The van der Waals surface area contributed by atoms with E-state index in [1.807, 2.05) is 18.2 Å². The molecule has 0 N–H and O–H groups in total. The highest BCUT2D eigenvalue weighted by atomic mass is 35.5. The predicted octanol–water partition coefficient (Wildman–Crippen LogP) is 6.05. The molecule has 0 unspecified atom stereocenters. The van der Waals surface area contributed by atoms with Crippen LogP contribution in [0.3, 0.4) is 0 Å². The van der Waals surface area contributed by atoms with Crippen molar-refractivity contribution in [1.82, 2.24) is 4.90 Å². The Morgan fingerprint density at radius 1 is 0.972 bits per heavy atom. The maximum Gasteiger partial charge on any atom is 0.410 e. The largest absolute Gasteiger partial charge is 0.460 e. The number of amides is 1. The van der Waals surface area contributed by atoms with Crippen LogP contribution < -0.4 is 0 Å². The van der Waals surface area contributed by atoms with Gasteiger partial charge in [-0.05, 0) is 77.8 Å². The van der Waals surface area contributed by atoms with Gasteiger partial charge in [-0.1, -0.05) is 23.7 Å². The van der Waals surface area contributed by atoms with E-state index in [1.54, 1.807) is 59.7 Å². The summed E-state index contributed by atoms with van der Waals surface area (Å²) in [6, 6.07) is 10.9. The molecular formula is C26H34ClNO6S2. The van der Waals surface area contributed by atoms with Gasteiger partial charge in [-0.25, -0.2) is 13.2 Å². The van der Waals surface area contributed by atoms with Gasteiger partial charge >= 0.3 is 12.1 Å². The molecule has 2 heterocycles. The number of carbonyl (C=O) groups is 2. The van der Waals surface area contributed by atoms with Crippen LogP contribution in [0.25, 0.3) is 10.4 Å². The Labute approximate surface area is 222 Å². The zero-order chi connectivity index (χ0) is 26.9. The molecule has 0 bridgehead atoms. The standard InChI is InChI=1S/C26H34ClNO6S2/c1-24(2,3)33-22(29)17-26(21-12-11-20(35-21)18-7-9-19(27)10-8-18)13-14-28(15-16-36(26,31)32)23(30)34-25(4,5)6/h7-12H,13-17H2,1-6H3/t26-/m0/s1. The van der Waals surface area contributed by atoms with Crippen LogP contribution in [0, 0.1) is 0 Å². The average molecular weight is 556 g/mol. The van der Waals surface area contributed by atoms with Crippen molar-refractivity contribution in [2.75, 3.05) is 18.8 Å². The number of thiophene rings is 1. The maximum atomic E-state index is 13.9. The molecule has 1 aliphatic rings. The van der Waals surface area contributed by atoms with Crippen LogP contribution >= 0.6 is 22.9 Å². The first-order chi connectivity index (χ1) is 16.5. The Hall–Kier alpha value is -2.10. The topological polar surface area (TPSA) is 90.0 Å². The lowest BCUT2D eigenvalue weighted by molar-refractivity contribution is -0.155. The quantitative estimate of drug-likeness (QED) is 0.426. The highest BCUT2D eigenvalue weighted by Crippen LogP contribution is 2.45. The fourth-order valence-electron chi connectivity index (χ4n) is 4.04. The summed E-state index contributed by atoms with van der Waals surface area (Å²) in [6.45, 7) is 10.6. The molecule has 1 saturated heterocycles. The molecule has 1 amide bonds. The van der Waals surface area contributed by atoms with E-state index in [2.05, 4.69) is 0 Å². The van der Waals surface area contributed by atoms with Crippen molar-refractivity contribution < 1.29 is 27.5 Å². The third-order valence-electron chi connectivity index (χ3n) is 5.70. The van der Waals surface area contributed by atoms with Gasteiger partial charge in [0.25, 0.3) is 0 Å². The molecule has 198 valence electrons. The molecule has 36 heavy (non-hydrogen) atoms. The van der Waals surface area contributed by atoms with Crippen LogP contribution in [-0.2, 0) is 28.9 Å². The van der Waals surface area contributed by atoms with Crippen molar-refractivity contribution in [3.63, 3.8) is 0 Å². The fraction of sp³-hybridized carbons (Fsp3) is 0.538. The maximum absolute atomic E-state index is 13.9. The number of nitrogens with zero attached hydrogens (tertiary/aromatic N) is 1. The first kappa shape index (κ1) is 28.5. The summed E-state index contributed by atoms with van der Waals surface area (Å²) >= 11 is 7.35. The number of hydrogen-bond donors (Lipinski definition) is 0. The highest BCUT2D eigenvalue weighted by Gasteiger charge is 2.50. The molecule has 0 aliphatic carbocycles. The SMILES string of the molecule is CC(C)(C)OC(=O)C[C@]1(c2ccc(-c3ccc(Cl)cc3)s2)CCN(C(=O)OC(C)(C)C)CCS1(=O)=O. The van der Waals surface area contributed by atoms with Gasteiger partial charge in [0.15, 0.2) is 9.84 Å². The van der Waals surface area contributed by atoms with Gasteiger partial charge in [0.1, 0.15) is 15.9 Å². The molecule has 1 fully saturated rings. The van der Waals surface area contributed by atoms with Crippen molar-refractivity contribution >= 4 is 44.8 Å². The van der Waals surface area contributed by atoms with Gasteiger partial charge in [-0.2, -0.15) is 0 Å². The number of halogens is 1. The second kappa shape index (κ2) is 10.3. The van der Waals surface area contributed by atoms with Gasteiger partial charge in [-0.15, -0.1) is 11.3 Å². The van der Waals surface area contributed by atoms with Crippen LogP contribution in [0.4, 0.5) is 4.79 Å². The first-order valence-corrected chi connectivity index (χ1v) is 14.6. The number of esters is 1. The number of ether oxygens (including phenoxy) is 2. The third-order valence-corrected chi connectivity index (χ3v) is 9.89. The first-order valence-electron chi connectivity index (χ1n) is 11.8. The van der Waals surface area contributed by atoms with E-state index in [4.69, 9.17) is 21.1 Å². The van der Waals surface area contributed by atoms with Crippen LogP contribution in [0.1, 0.15) is 59.3 Å². The molecule has 0 radical (unpaired) electrons. The van der Waals surface area contributed by atoms with Crippen molar-refractivity contribution in [2.45, 2.75) is 70.3 Å². The Bertz CT molecular complexity index is 1210. The normalized spacial score (nSPS) is 20.5. The zero-order valence-electron chi connectivity index (χ0n) is 21.6. The second-order valence-electron chi connectivity index (χ2n) is 11.0. The minimum atomic E-state index is -3.87. The van der Waals surface area contributed by atoms with Crippen molar-refractivity contribution in [3.05, 3.63) is 46.3 Å². The molecule has 2 aromatic rings. The van der Waals surface area contributed by atoms with Crippen molar-refractivity contribution in [1.29, 1.82) is 0 Å². The predicted molar refractivity (Wildman–Crippen MR) is 143 cm³/mol. The molecule has 7 nitrogen and oxygen atoms in total. The summed E-state index contributed by atoms with van der Waals surface area (Å²) in [5, 5.41) is 0.602. The lowest BCUT2D eigenvalue weighted by Gasteiger charge is -2.32. The van der Waals surface area contributed by atoms with Crippen molar-refractivity contribution in [2.24, 2.45) is 0 Å². The second-order valence-corrected chi connectivity index (χ2v) is 14.9. The number of sulfone groups is 1. The van der Waals surface area contributed by atoms with E-state index in [-0.39, 0.29) is 31.7 Å². The lowest BCUT2D eigenvalue weighted by atomic mass is 9.97. The van der Waals surface area contributed by atoms with Crippen LogP contribution in [0.5, 0.6) is 0 Å². The molecule has 1 atom stereocenters. The van der Waals surface area contributed by atoms with Crippen LogP contribution in [0.2, 0.25) is 5.02 Å². The van der Waals surface area contributed by atoms with Crippen LogP contribution in [0.15, 0.2) is 36.4 Å². The Kier molecular flexibility index (Phi) is 8.18. The monoisotopic (exact) mass is 555 g/mol. The summed E-state index contributed by atoms with van der Waals surface area (Å²) in [5.74, 6) is -0.887. The number of benzene rings is 1. The van der Waals surface area contributed by atoms with Crippen molar-refractivity contribution in [3.8, 4) is 10.4 Å². The Balaban J connectivity index is 2.03. The molecule has 3 rings (SSSR count). The number of hydrogen-bond acceptors (Lipinski definition) is 7. The average Bonchev–Trinajstić information content (AvgIpc) is 3.16. The summed E-state index contributed by atoms with van der Waals surface area (Å²) in [5.41, 5.74) is -0.583. The molecule has 1 aromatic heterocycles. The summed E-state index contributed by atoms with van der Waals surface area (Å²) in [7, 11) is -3.87. The molecule has 10 heteroatoms. The van der Waals surface area contributed by atoms with E-state index in [0.29, 0.717) is 9.90 Å². The molecule has 1 aliphatic heterocycles. The molecule has 1 aromatic carbocycles. The number of carbonyl (C=O) groups excluding carboxylic acids is 2. The van der Waals surface area contributed by atoms with Gasteiger partial charge in [0.05, 0.1) is 12.2 Å². The zero-order valence-corrected chi connectivity index (χ0v) is 24.0. The van der Waals surface area contributed by atoms with Gasteiger partial charge < -0.3 is 14.4 Å². The summed E-state index contributed by atoms with van der Waals surface area (Å²) < 4.78 is 37.3. The minimum absolute atomic E-state index is 0.0112. The minimum Gasteiger partial charge on any atom is -0.460 e. The van der Waals surface area contributed by atoms with Gasteiger partial charge in [0.2, 0.25) is 0 Å². The molecule has 0 spiro atoms. The van der Waals surface area contributed by atoms with Crippen LogP contribution in [-0.4, -0.2) is 55.4 Å². The number of rotatable bonds is 4. The molecular weight excluding hydrogens is 522 g/mol. The Morgan fingerprint density at radius 2 is 1.58 bits per heavy atom. The van der Waals surface area contributed by atoms with E-state index in [1.165, 1.54) is 16.2 Å². The third kappa shape index (κ3) is 6.81. The fourth-order valence-corrected chi connectivity index (χ4v) is 7.76. The highest BCUT2D eigenvalue weighted by molar-refractivity contribution is 7.92. The lowest BCUT2D eigenvalue weighted by Crippen LogP contribution is -2.40. The smallest absolute Gasteiger partial charge is 0.410 e. The Morgan fingerprint density at radius 3 is 2.17 bits per heavy atom. The van der Waals surface area contributed by atoms with E-state index < -0.39 is 37.8 Å².